The number of benzene rings is 1. The molecule has 2 aromatic rings. The van der Waals surface area contributed by atoms with E-state index in [1.54, 1.807) is 0 Å². The zero-order chi connectivity index (χ0) is 14.5. The predicted molar refractivity (Wildman–Crippen MR) is 81.8 cm³/mol. The average molecular weight is 271 g/mol. The Morgan fingerprint density at radius 2 is 1.85 bits per heavy atom. The monoisotopic (exact) mass is 271 g/mol. The molecule has 0 atom stereocenters. The minimum atomic E-state index is 0.280. The van der Waals surface area contributed by atoms with Crippen LogP contribution in [-0.4, -0.2) is 16.6 Å². The van der Waals surface area contributed by atoms with Crippen molar-refractivity contribution >= 4 is 5.82 Å². The van der Waals surface area contributed by atoms with Gasteiger partial charge in [-0.2, -0.15) is 0 Å². The van der Waals surface area contributed by atoms with Gasteiger partial charge in [-0.25, -0.2) is 9.97 Å². The quantitative estimate of drug-likeness (QED) is 0.902. The van der Waals surface area contributed by atoms with E-state index >= 15 is 0 Å². The van der Waals surface area contributed by atoms with Crippen molar-refractivity contribution in [3.05, 3.63) is 36.2 Å². The molecule has 0 bridgehead atoms. The van der Waals surface area contributed by atoms with E-state index < -0.39 is 0 Å². The van der Waals surface area contributed by atoms with Crippen molar-refractivity contribution in [2.45, 2.75) is 33.1 Å². The number of ether oxygens (including phenoxy) is 1. The van der Waals surface area contributed by atoms with Crippen molar-refractivity contribution in [2.24, 2.45) is 0 Å². The summed E-state index contributed by atoms with van der Waals surface area (Å²) in [6.07, 6.45) is 2.51. The van der Waals surface area contributed by atoms with Crippen LogP contribution < -0.4 is 10.5 Å². The molecule has 4 nitrogen and oxygen atoms in total. The van der Waals surface area contributed by atoms with Crippen LogP contribution in [0.3, 0.4) is 0 Å². The summed E-state index contributed by atoms with van der Waals surface area (Å²) in [4.78, 5) is 8.48. The molecule has 4 heteroatoms. The van der Waals surface area contributed by atoms with Crippen LogP contribution in [0.25, 0.3) is 11.3 Å². The number of hydrogen-bond donors (Lipinski definition) is 1. The number of rotatable bonds is 5. The Labute approximate surface area is 120 Å². The molecule has 1 aromatic carbocycles. The van der Waals surface area contributed by atoms with Crippen molar-refractivity contribution in [2.75, 3.05) is 12.3 Å². The number of anilines is 1. The smallest absolute Gasteiger partial charge is 0.130 e. The summed E-state index contributed by atoms with van der Waals surface area (Å²) in [7, 11) is 0. The Morgan fingerprint density at radius 3 is 2.45 bits per heavy atom. The lowest BCUT2D eigenvalue weighted by molar-refractivity contribution is 0.317. The molecule has 1 heterocycles. The molecule has 2 rings (SSSR count). The fourth-order valence-corrected chi connectivity index (χ4v) is 2.14. The summed E-state index contributed by atoms with van der Waals surface area (Å²) in [5.41, 5.74) is 8.91. The minimum absolute atomic E-state index is 0.280. The minimum Gasteiger partial charge on any atom is -0.494 e. The second-order valence-corrected chi connectivity index (χ2v) is 5.05. The van der Waals surface area contributed by atoms with Gasteiger partial charge in [0.1, 0.15) is 17.9 Å². The highest BCUT2D eigenvalue weighted by Crippen LogP contribution is 2.31. The highest BCUT2D eigenvalue weighted by molar-refractivity contribution is 5.68. The third-order valence-electron chi connectivity index (χ3n) is 3.09. The molecular weight excluding hydrogens is 250 g/mol. The lowest BCUT2D eigenvalue weighted by Crippen LogP contribution is -2.04. The van der Waals surface area contributed by atoms with Gasteiger partial charge >= 0.3 is 0 Å². The fourth-order valence-electron chi connectivity index (χ4n) is 2.14. The molecule has 0 spiro atoms. The normalized spacial score (nSPS) is 10.8. The number of nitrogens with zero attached hydrogens (tertiary/aromatic N) is 2. The lowest BCUT2D eigenvalue weighted by Gasteiger charge is -2.14. The summed E-state index contributed by atoms with van der Waals surface area (Å²) in [6, 6.07) is 7.96. The molecule has 0 saturated carbocycles. The highest BCUT2D eigenvalue weighted by Gasteiger charge is 2.14. The fraction of sp³-hybridized carbons (Fsp3) is 0.375. The molecule has 0 aliphatic rings. The Balaban J connectivity index is 2.34. The molecule has 0 unspecified atom stereocenters. The number of aromatic nitrogens is 2. The van der Waals surface area contributed by atoms with E-state index in [1.807, 2.05) is 24.3 Å². The summed E-state index contributed by atoms with van der Waals surface area (Å²) in [5.74, 6) is 1.71. The van der Waals surface area contributed by atoms with Gasteiger partial charge in [0, 0.05) is 11.1 Å². The molecule has 0 aliphatic carbocycles. The molecule has 106 valence electrons. The molecule has 0 saturated heterocycles. The van der Waals surface area contributed by atoms with Crippen LogP contribution >= 0.6 is 0 Å². The van der Waals surface area contributed by atoms with E-state index in [1.165, 1.54) is 6.33 Å². The highest BCUT2D eigenvalue weighted by atomic mass is 16.5. The summed E-state index contributed by atoms with van der Waals surface area (Å²) in [5, 5.41) is 0. The Hall–Kier alpha value is -2.10. The van der Waals surface area contributed by atoms with Crippen LogP contribution in [0.1, 0.15) is 38.7 Å². The first-order valence-electron chi connectivity index (χ1n) is 6.97. The largest absolute Gasteiger partial charge is 0.494 e. The lowest BCUT2D eigenvalue weighted by atomic mass is 9.97. The van der Waals surface area contributed by atoms with Crippen LogP contribution in [0.5, 0.6) is 5.75 Å². The first-order chi connectivity index (χ1) is 9.63. The molecule has 0 fully saturated rings. The number of hydrogen-bond acceptors (Lipinski definition) is 4. The summed E-state index contributed by atoms with van der Waals surface area (Å²) in [6.45, 7) is 7.01. The number of nitrogen functional groups attached to an aromatic ring is 1. The second kappa shape index (κ2) is 6.37. The molecular formula is C16H21N3O. The maximum Gasteiger partial charge on any atom is 0.130 e. The van der Waals surface area contributed by atoms with Crippen molar-refractivity contribution in [1.82, 2.24) is 9.97 Å². The van der Waals surface area contributed by atoms with E-state index in [0.29, 0.717) is 5.82 Å². The standard InChI is InChI=1S/C16H21N3O/c1-4-9-20-13-7-5-12(6-8-13)15-14(11(2)3)16(17)19-10-18-15/h5-8,10-11H,4,9H2,1-3H3,(H2,17,18,19). The molecule has 2 N–H and O–H groups in total. The summed E-state index contributed by atoms with van der Waals surface area (Å²) >= 11 is 0. The SMILES string of the molecule is CCCOc1ccc(-c2ncnc(N)c2C(C)C)cc1. The van der Waals surface area contributed by atoms with E-state index in [4.69, 9.17) is 10.5 Å². The van der Waals surface area contributed by atoms with Crippen LogP contribution in [0.15, 0.2) is 30.6 Å². The zero-order valence-electron chi connectivity index (χ0n) is 12.3. The van der Waals surface area contributed by atoms with Crippen LogP contribution in [-0.2, 0) is 0 Å². The van der Waals surface area contributed by atoms with Gasteiger partial charge in [0.2, 0.25) is 0 Å². The van der Waals surface area contributed by atoms with Crippen molar-refractivity contribution in [1.29, 1.82) is 0 Å². The van der Waals surface area contributed by atoms with Gasteiger partial charge in [-0.15, -0.1) is 0 Å². The van der Waals surface area contributed by atoms with Crippen molar-refractivity contribution in [3.63, 3.8) is 0 Å². The third-order valence-corrected chi connectivity index (χ3v) is 3.09. The maximum atomic E-state index is 5.98. The predicted octanol–water partition coefficient (Wildman–Crippen LogP) is 3.64. The van der Waals surface area contributed by atoms with Gasteiger partial charge in [-0.3, -0.25) is 0 Å². The van der Waals surface area contributed by atoms with Gasteiger partial charge in [0.25, 0.3) is 0 Å². The molecule has 1 aromatic heterocycles. The topological polar surface area (TPSA) is 61.0 Å². The molecule has 0 radical (unpaired) electrons. The van der Waals surface area contributed by atoms with Gasteiger partial charge < -0.3 is 10.5 Å². The summed E-state index contributed by atoms with van der Waals surface area (Å²) < 4.78 is 5.59. The third kappa shape index (κ3) is 3.07. The van der Waals surface area contributed by atoms with Crippen molar-refractivity contribution in [3.8, 4) is 17.0 Å². The van der Waals surface area contributed by atoms with Gasteiger partial charge in [0.15, 0.2) is 0 Å². The van der Waals surface area contributed by atoms with Crippen LogP contribution in [0, 0.1) is 0 Å². The van der Waals surface area contributed by atoms with Gasteiger partial charge in [0.05, 0.1) is 12.3 Å². The maximum absolute atomic E-state index is 5.98. The van der Waals surface area contributed by atoms with Crippen LogP contribution in [0.2, 0.25) is 0 Å². The first-order valence-corrected chi connectivity index (χ1v) is 6.97. The Kier molecular flexibility index (Phi) is 4.56. The average Bonchev–Trinajstić information content (AvgIpc) is 2.45. The molecule has 0 amide bonds. The number of nitrogens with two attached hydrogens (primary N) is 1. The van der Waals surface area contributed by atoms with E-state index in [9.17, 15) is 0 Å². The van der Waals surface area contributed by atoms with E-state index in [0.717, 1.165) is 35.6 Å². The Morgan fingerprint density at radius 1 is 1.15 bits per heavy atom. The van der Waals surface area contributed by atoms with Gasteiger partial charge in [-0.1, -0.05) is 20.8 Å². The first kappa shape index (κ1) is 14.3. The Bertz CT molecular complexity index is 564. The molecule has 20 heavy (non-hydrogen) atoms. The van der Waals surface area contributed by atoms with Gasteiger partial charge in [-0.05, 0) is 36.6 Å². The second-order valence-electron chi connectivity index (χ2n) is 5.05. The van der Waals surface area contributed by atoms with Crippen LogP contribution in [0.4, 0.5) is 5.82 Å². The molecule has 0 aliphatic heterocycles. The van der Waals surface area contributed by atoms with E-state index in [2.05, 4.69) is 30.7 Å². The zero-order valence-corrected chi connectivity index (χ0v) is 12.3. The van der Waals surface area contributed by atoms with E-state index in [-0.39, 0.29) is 5.92 Å². The van der Waals surface area contributed by atoms with Crippen molar-refractivity contribution < 1.29 is 4.74 Å².